The first kappa shape index (κ1) is 8.94. The van der Waals surface area contributed by atoms with Crippen molar-refractivity contribution in [1.82, 2.24) is 15.4 Å². The van der Waals surface area contributed by atoms with E-state index in [1.807, 2.05) is 6.07 Å². The molecular weight excluding hydrogens is 174 g/mol. The Kier molecular flexibility index (Phi) is 2.31. The zero-order valence-corrected chi connectivity index (χ0v) is 8.36. The summed E-state index contributed by atoms with van der Waals surface area (Å²) in [6, 6.07) is 8.29. The van der Waals surface area contributed by atoms with Crippen molar-refractivity contribution >= 4 is 0 Å². The van der Waals surface area contributed by atoms with E-state index >= 15 is 0 Å². The van der Waals surface area contributed by atoms with Crippen LogP contribution in [-0.4, -0.2) is 15.4 Å². The van der Waals surface area contributed by atoms with Gasteiger partial charge in [0.1, 0.15) is 5.69 Å². The summed E-state index contributed by atoms with van der Waals surface area (Å²) in [6.45, 7) is 4.36. The highest BCUT2D eigenvalue weighted by Crippen LogP contribution is 2.26. The SMILES string of the molecule is CC(C)c1ccccc1-c1cn[nH]n1.[HH]. The molecule has 0 radical (unpaired) electrons. The molecule has 2 rings (SSSR count). The smallest absolute Gasteiger partial charge is 0.113 e. The summed E-state index contributed by atoms with van der Waals surface area (Å²) in [4.78, 5) is 0. The molecule has 1 aromatic heterocycles. The minimum Gasteiger partial charge on any atom is -0.197 e. The lowest BCUT2D eigenvalue weighted by molar-refractivity contribution is 0.867. The van der Waals surface area contributed by atoms with E-state index in [-0.39, 0.29) is 1.43 Å². The third kappa shape index (κ3) is 1.53. The molecule has 0 aliphatic heterocycles. The fourth-order valence-corrected chi connectivity index (χ4v) is 1.57. The largest absolute Gasteiger partial charge is 0.197 e. The number of rotatable bonds is 2. The van der Waals surface area contributed by atoms with Gasteiger partial charge in [-0.3, -0.25) is 0 Å². The van der Waals surface area contributed by atoms with Gasteiger partial charge in [-0.1, -0.05) is 38.1 Å². The molecule has 1 heterocycles. The van der Waals surface area contributed by atoms with Gasteiger partial charge in [0.15, 0.2) is 0 Å². The lowest BCUT2D eigenvalue weighted by atomic mass is 9.96. The summed E-state index contributed by atoms with van der Waals surface area (Å²) in [6.07, 6.45) is 1.75. The molecule has 1 N–H and O–H groups in total. The summed E-state index contributed by atoms with van der Waals surface area (Å²) in [7, 11) is 0. The molecule has 0 spiro atoms. The Morgan fingerprint density at radius 2 is 2.07 bits per heavy atom. The zero-order chi connectivity index (χ0) is 9.97. The molecule has 74 valence electrons. The first-order chi connectivity index (χ1) is 6.79. The van der Waals surface area contributed by atoms with Crippen molar-refractivity contribution in [2.45, 2.75) is 19.8 Å². The Morgan fingerprint density at radius 3 is 2.71 bits per heavy atom. The quantitative estimate of drug-likeness (QED) is 0.789. The standard InChI is InChI=1S/C11H13N3.H2/c1-8(2)9-5-3-4-6-10(9)11-7-12-14-13-11;/h3-8H,1-2H3,(H,12,13,14);1H. The monoisotopic (exact) mass is 189 g/mol. The number of aromatic amines is 1. The molecule has 1 aromatic carbocycles. The summed E-state index contributed by atoms with van der Waals surface area (Å²) in [5.74, 6) is 0.503. The number of nitrogens with one attached hydrogen (secondary N) is 1. The van der Waals surface area contributed by atoms with Crippen LogP contribution in [0.25, 0.3) is 11.3 Å². The summed E-state index contributed by atoms with van der Waals surface area (Å²) in [5.41, 5.74) is 3.38. The maximum Gasteiger partial charge on any atom is 0.113 e. The van der Waals surface area contributed by atoms with Crippen molar-refractivity contribution in [1.29, 1.82) is 0 Å². The van der Waals surface area contributed by atoms with Gasteiger partial charge in [0.25, 0.3) is 0 Å². The van der Waals surface area contributed by atoms with E-state index in [0.29, 0.717) is 5.92 Å². The third-order valence-corrected chi connectivity index (χ3v) is 2.27. The van der Waals surface area contributed by atoms with Gasteiger partial charge in [-0.15, -0.1) is 0 Å². The summed E-state index contributed by atoms with van der Waals surface area (Å²) >= 11 is 0. The fourth-order valence-electron chi connectivity index (χ4n) is 1.57. The van der Waals surface area contributed by atoms with Gasteiger partial charge in [-0.25, -0.2) is 0 Å². The van der Waals surface area contributed by atoms with Gasteiger partial charge in [0.2, 0.25) is 0 Å². The second kappa shape index (κ2) is 3.62. The first-order valence-electron chi connectivity index (χ1n) is 4.74. The lowest BCUT2D eigenvalue weighted by Crippen LogP contribution is -1.91. The highest BCUT2D eigenvalue weighted by molar-refractivity contribution is 5.63. The van der Waals surface area contributed by atoms with Crippen molar-refractivity contribution in [2.75, 3.05) is 0 Å². The van der Waals surface area contributed by atoms with Crippen LogP contribution >= 0.6 is 0 Å². The number of hydrogen-bond acceptors (Lipinski definition) is 2. The van der Waals surface area contributed by atoms with Gasteiger partial charge < -0.3 is 0 Å². The van der Waals surface area contributed by atoms with Crippen molar-refractivity contribution in [3.63, 3.8) is 0 Å². The fraction of sp³-hybridized carbons (Fsp3) is 0.273. The normalized spacial score (nSPS) is 10.8. The van der Waals surface area contributed by atoms with Gasteiger partial charge in [-0.2, -0.15) is 15.4 Å². The Balaban J connectivity index is 0.00000112. The molecule has 0 aliphatic rings. The van der Waals surface area contributed by atoms with Crippen molar-refractivity contribution < 1.29 is 1.43 Å². The Bertz CT molecular complexity index is 410. The molecule has 0 amide bonds. The Hall–Kier alpha value is -1.64. The first-order valence-corrected chi connectivity index (χ1v) is 4.74. The maximum atomic E-state index is 4.09. The molecule has 0 saturated carbocycles. The van der Waals surface area contributed by atoms with E-state index in [1.54, 1.807) is 6.20 Å². The summed E-state index contributed by atoms with van der Waals surface area (Å²) < 4.78 is 0. The van der Waals surface area contributed by atoms with E-state index in [0.717, 1.165) is 11.3 Å². The molecule has 0 bridgehead atoms. The number of H-pyrrole nitrogens is 1. The third-order valence-electron chi connectivity index (χ3n) is 2.27. The maximum absolute atomic E-state index is 4.09. The minimum atomic E-state index is 0. The molecule has 14 heavy (non-hydrogen) atoms. The summed E-state index contributed by atoms with van der Waals surface area (Å²) in [5, 5.41) is 10.6. The van der Waals surface area contributed by atoms with E-state index in [4.69, 9.17) is 0 Å². The van der Waals surface area contributed by atoms with Gasteiger partial charge in [-0.05, 0) is 11.5 Å². The average Bonchev–Trinajstić information content (AvgIpc) is 2.70. The van der Waals surface area contributed by atoms with Crippen molar-refractivity contribution in [3.8, 4) is 11.3 Å². The van der Waals surface area contributed by atoms with Gasteiger partial charge >= 0.3 is 0 Å². The molecule has 0 saturated heterocycles. The number of benzene rings is 1. The van der Waals surface area contributed by atoms with Crippen LogP contribution in [0, 0.1) is 0 Å². The molecule has 3 heteroatoms. The molecule has 3 nitrogen and oxygen atoms in total. The van der Waals surface area contributed by atoms with Crippen molar-refractivity contribution in [3.05, 3.63) is 36.0 Å². The van der Waals surface area contributed by atoms with Crippen LogP contribution in [0.2, 0.25) is 0 Å². The Labute approximate surface area is 84.7 Å². The highest BCUT2D eigenvalue weighted by Gasteiger charge is 2.08. The highest BCUT2D eigenvalue weighted by atomic mass is 15.3. The van der Waals surface area contributed by atoms with Crippen LogP contribution in [0.4, 0.5) is 0 Å². The van der Waals surface area contributed by atoms with Crippen LogP contribution in [0.5, 0.6) is 0 Å². The molecule has 0 atom stereocenters. The van der Waals surface area contributed by atoms with Crippen molar-refractivity contribution in [2.24, 2.45) is 0 Å². The molecule has 0 aliphatic carbocycles. The number of hydrogen-bond donors (Lipinski definition) is 1. The van der Waals surface area contributed by atoms with Gasteiger partial charge in [0.05, 0.1) is 6.20 Å². The van der Waals surface area contributed by atoms with Gasteiger partial charge in [0, 0.05) is 6.99 Å². The molecular formula is C11H15N3. The number of aromatic nitrogens is 3. The Morgan fingerprint density at radius 1 is 1.29 bits per heavy atom. The zero-order valence-electron chi connectivity index (χ0n) is 8.36. The molecule has 0 fully saturated rings. The lowest BCUT2D eigenvalue weighted by Gasteiger charge is -2.09. The predicted octanol–water partition coefficient (Wildman–Crippen LogP) is 2.84. The van der Waals surface area contributed by atoms with Crippen LogP contribution in [0.1, 0.15) is 26.8 Å². The van der Waals surface area contributed by atoms with Crippen LogP contribution in [0.3, 0.4) is 0 Å². The predicted molar refractivity (Wildman–Crippen MR) is 58.0 cm³/mol. The molecule has 2 aromatic rings. The van der Waals surface area contributed by atoms with Crippen LogP contribution < -0.4 is 0 Å². The number of nitrogens with zero attached hydrogens (tertiary/aromatic N) is 2. The topological polar surface area (TPSA) is 41.6 Å². The average molecular weight is 189 g/mol. The minimum absolute atomic E-state index is 0. The van der Waals surface area contributed by atoms with E-state index in [1.165, 1.54) is 5.56 Å². The second-order valence-electron chi connectivity index (χ2n) is 3.60. The second-order valence-corrected chi connectivity index (χ2v) is 3.60. The van der Waals surface area contributed by atoms with E-state index in [2.05, 4.69) is 47.5 Å². The van der Waals surface area contributed by atoms with Crippen LogP contribution in [-0.2, 0) is 0 Å². The van der Waals surface area contributed by atoms with E-state index < -0.39 is 0 Å². The van der Waals surface area contributed by atoms with Crippen LogP contribution in [0.15, 0.2) is 30.5 Å². The molecule has 0 unspecified atom stereocenters. The van der Waals surface area contributed by atoms with E-state index in [9.17, 15) is 0 Å².